The molecule has 0 saturated heterocycles. The lowest BCUT2D eigenvalue weighted by molar-refractivity contribution is -0.385. The molecule has 0 spiro atoms. The van der Waals surface area contributed by atoms with Crippen molar-refractivity contribution >= 4 is 28.9 Å². The minimum atomic E-state index is -0.507. The van der Waals surface area contributed by atoms with Gasteiger partial charge in [0.05, 0.1) is 15.8 Å². The molecule has 2 aromatic rings. The molecule has 0 atom stereocenters. The fourth-order valence-electron chi connectivity index (χ4n) is 1.58. The number of benzene rings is 2. The van der Waals surface area contributed by atoms with Crippen molar-refractivity contribution in [3.05, 3.63) is 63.2 Å². The normalized spacial score (nSPS) is 10.2. The fraction of sp³-hybridized carbons (Fsp3) is 0.0769. The van der Waals surface area contributed by atoms with E-state index in [0.29, 0.717) is 16.3 Å². The topological polar surface area (TPSA) is 52.4 Å². The first-order chi connectivity index (χ1) is 9.13. The third-order valence-corrected chi connectivity index (χ3v) is 3.05. The first-order valence-corrected chi connectivity index (χ1v) is 6.29. The van der Waals surface area contributed by atoms with Gasteiger partial charge in [-0.15, -0.1) is 11.6 Å². The molecular weight excluding hydrogens is 289 g/mol. The SMILES string of the molecule is O=[N+]([O-])c1ccccc1Oc1c(Cl)cccc1CCl. The summed E-state index contributed by atoms with van der Waals surface area (Å²) in [6, 6.07) is 11.2. The third-order valence-electron chi connectivity index (χ3n) is 2.47. The quantitative estimate of drug-likeness (QED) is 0.463. The highest BCUT2D eigenvalue weighted by molar-refractivity contribution is 6.32. The highest BCUT2D eigenvalue weighted by Crippen LogP contribution is 2.37. The van der Waals surface area contributed by atoms with Crippen LogP contribution in [0.1, 0.15) is 5.56 Å². The summed E-state index contributed by atoms with van der Waals surface area (Å²) in [7, 11) is 0. The van der Waals surface area contributed by atoms with Crippen LogP contribution in [0.15, 0.2) is 42.5 Å². The van der Waals surface area contributed by atoms with Crippen LogP contribution >= 0.6 is 23.2 Å². The molecule has 0 heterocycles. The summed E-state index contributed by atoms with van der Waals surface area (Å²) < 4.78 is 5.57. The Bertz CT molecular complexity index is 617. The Morgan fingerprint density at radius 1 is 1.16 bits per heavy atom. The van der Waals surface area contributed by atoms with Crippen LogP contribution in [0.25, 0.3) is 0 Å². The van der Waals surface area contributed by atoms with Crippen LogP contribution < -0.4 is 4.74 Å². The molecule has 0 unspecified atom stereocenters. The lowest BCUT2D eigenvalue weighted by atomic mass is 10.2. The number of hydrogen-bond acceptors (Lipinski definition) is 3. The molecule has 0 aliphatic carbocycles. The minimum Gasteiger partial charge on any atom is -0.448 e. The van der Waals surface area contributed by atoms with Crippen molar-refractivity contribution in [2.45, 2.75) is 5.88 Å². The average molecular weight is 298 g/mol. The van der Waals surface area contributed by atoms with Gasteiger partial charge < -0.3 is 4.74 Å². The zero-order valence-corrected chi connectivity index (χ0v) is 11.2. The molecule has 0 aliphatic rings. The summed E-state index contributed by atoms with van der Waals surface area (Å²) >= 11 is 11.8. The Hall–Kier alpha value is -1.78. The number of halogens is 2. The molecular formula is C13H9Cl2NO3. The van der Waals surface area contributed by atoms with E-state index in [1.807, 2.05) is 0 Å². The Balaban J connectivity index is 2.45. The van der Waals surface area contributed by atoms with Crippen LogP contribution in [0, 0.1) is 10.1 Å². The molecule has 0 radical (unpaired) electrons. The predicted octanol–water partition coefficient (Wildman–Crippen LogP) is 4.78. The van der Waals surface area contributed by atoms with Gasteiger partial charge in [-0.25, -0.2) is 0 Å². The van der Waals surface area contributed by atoms with Crippen LogP contribution in [0.5, 0.6) is 11.5 Å². The lowest BCUT2D eigenvalue weighted by Gasteiger charge is -2.11. The minimum absolute atomic E-state index is 0.122. The number of para-hydroxylation sites is 3. The van der Waals surface area contributed by atoms with Gasteiger partial charge in [-0.1, -0.05) is 35.9 Å². The van der Waals surface area contributed by atoms with Gasteiger partial charge in [-0.05, 0) is 12.1 Å². The van der Waals surface area contributed by atoms with Gasteiger partial charge in [0, 0.05) is 11.6 Å². The van der Waals surface area contributed by atoms with Gasteiger partial charge in [-0.3, -0.25) is 10.1 Å². The van der Waals surface area contributed by atoms with Crippen LogP contribution in [-0.4, -0.2) is 4.92 Å². The number of nitro benzene ring substituents is 1. The molecule has 0 N–H and O–H groups in total. The van der Waals surface area contributed by atoms with E-state index < -0.39 is 4.92 Å². The molecule has 6 heteroatoms. The summed E-state index contributed by atoms with van der Waals surface area (Å²) in [6.07, 6.45) is 0. The second-order valence-electron chi connectivity index (χ2n) is 3.69. The second kappa shape index (κ2) is 5.91. The van der Waals surface area contributed by atoms with E-state index in [4.69, 9.17) is 27.9 Å². The maximum atomic E-state index is 10.9. The van der Waals surface area contributed by atoms with Crippen molar-refractivity contribution in [2.24, 2.45) is 0 Å². The Morgan fingerprint density at radius 3 is 2.58 bits per heavy atom. The first kappa shape index (κ1) is 13.6. The molecule has 0 aliphatic heterocycles. The maximum absolute atomic E-state index is 10.9. The zero-order valence-electron chi connectivity index (χ0n) is 9.68. The lowest BCUT2D eigenvalue weighted by Crippen LogP contribution is -1.95. The number of alkyl halides is 1. The van der Waals surface area contributed by atoms with Crippen LogP contribution in [-0.2, 0) is 5.88 Å². The van der Waals surface area contributed by atoms with E-state index in [9.17, 15) is 10.1 Å². The summed E-state index contributed by atoms with van der Waals surface area (Å²) in [4.78, 5) is 10.4. The Morgan fingerprint density at radius 2 is 1.89 bits per heavy atom. The van der Waals surface area contributed by atoms with E-state index in [2.05, 4.69) is 0 Å². The zero-order chi connectivity index (χ0) is 13.8. The number of rotatable bonds is 4. The van der Waals surface area contributed by atoms with Gasteiger partial charge in [0.2, 0.25) is 5.75 Å². The summed E-state index contributed by atoms with van der Waals surface area (Å²) in [5, 5.41) is 11.3. The number of ether oxygens (including phenoxy) is 1. The number of hydrogen-bond donors (Lipinski definition) is 0. The standard InChI is InChI=1S/C13H9Cl2NO3/c14-8-9-4-3-5-10(15)13(9)19-12-7-2-1-6-11(12)16(17)18/h1-7H,8H2. The van der Waals surface area contributed by atoms with Gasteiger partial charge in [0.25, 0.3) is 0 Å². The summed E-state index contributed by atoms with van der Waals surface area (Å²) in [5.74, 6) is 0.678. The molecule has 0 aromatic heterocycles. The molecule has 2 aromatic carbocycles. The smallest absolute Gasteiger partial charge is 0.311 e. The largest absolute Gasteiger partial charge is 0.448 e. The van der Waals surface area contributed by atoms with Gasteiger partial charge in [0.15, 0.2) is 5.75 Å². The van der Waals surface area contributed by atoms with Crippen LogP contribution in [0.4, 0.5) is 5.69 Å². The van der Waals surface area contributed by atoms with Crippen molar-refractivity contribution in [2.75, 3.05) is 0 Å². The maximum Gasteiger partial charge on any atom is 0.311 e. The van der Waals surface area contributed by atoms with E-state index in [0.717, 1.165) is 0 Å². The average Bonchev–Trinajstić information content (AvgIpc) is 2.41. The van der Waals surface area contributed by atoms with Crippen molar-refractivity contribution in [3.63, 3.8) is 0 Å². The fourth-order valence-corrected chi connectivity index (χ4v) is 2.02. The van der Waals surface area contributed by atoms with Gasteiger partial charge in [0.1, 0.15) is 0 Å². The number of nitro groups is 1. The van der Waals surface area contributed by atoms with E-state index in [1.165, 1.54) is 12.1 Å². The van der Waals surface area contributed by atoms with Crippen molar-refractivity contribution in [1.29, 1.82) is 0 Å². The Labute approximate surface area is 119 Å². The van der Waals surface area contributed by atoms with Gasteiger partial charge >= 0.3 is 5.69 Å². The Kier molecular flexibility index (Phi) is 4.24. The molecule has 98 valence electrons. The third kappa shape index (κ3) is 2.97. The predicted molar refractivity (Wildman–Crippen MR) is 74.2 cm³/mol. The van der Waals surface area contributed by atoms with Crippen LogP contribution in [0.3, 0.4) is 0 Å². The monoisotopic (exact) mass is 297 g/mol. The molecule has 0 amide bonds. The van der Waals surface area contributed by atoms with Crippen molar-refractivity contribution in [3.8, 4) is 11.5 Å². The van der Waals surface area contributed by atoms with E-state index in [1.54, 1.807) is 30.3 Å². The summed E-state index contributed by atoms with van der Waals surface area (Å²) in [6.45, 7) is 0. The molecule has 0 bridgehead atoms. The van der Waals surface area contributed by atoms with Crippen LogP contribution in [0.2, 0.25) is 5.02 Å². The molecule has 2 rings (SSSR count). The number of nitrogens with zero attached hydrogens (tertiary/aromatic N) is 1. The molecule has 0 fully saturated rings. The molecule has 0 saturated carbocycles. The van der Waals surface area contributed by atoms with Crippen molar-refractivity contribution in [1.82, 2.24) is 0 Å². The second-order valence-corrected chi connectivity index (χ2v) is 4.36. The molecule has 19 heavy (non-hydrogen) atoms. The molecule has 4 nitrogen and oxygen atoms in total. The van der Waals surface area contributed by atoms with E-state index in [-0.39, 0.29) is 17.3 Å². The van der Waals surface area contributed by atoms with Gasteiger partial charge in [-0.2, -0.15) is 0 Å². The van der Waals surface area contributed by atoms with E-state index >= 15 is 0 Å². The highest BCUT2D eigenvalue weighted by atomic mass is 35.5. The highest BCUT2D eigenvalue weighted by Gasteiger charge is 2.17. The first-order valence-electron chi connectivity index (χ1n) is 5.38. The summed E-state index contributed by atoms with van der Waals surface area (Å²) in [5.41, 5.74) is 0.551. The van der Waals surface area contributed by atoms with Crippen molar-refractivity contribution < 1.29 is 9.66 Å².